The number of halogens is 1. The van der Waals surface area contributed by atoms with Crippen molar-refractivity contribution in [2.75, 3.05) is 11.9 Å². The molecule has 3 aromatic carbocycles. The van der Waals surface area contributed by atoms with Gasteiger partial charge in [-0.25, -0.2) is 0 Å². The molecule has 2 aliphatic rings. The van der Waals surface area contributed by atoms with Crippen molar-refractivity contribution in [1.82, 2.24) is 10.2 Å². The summed E-state index contributed by atoms with van der Waals surface area (Å²) >= 11 is 6.14. The molecule has 48 heavy (non-hydrogen) atoms. The highest BCUT2D eigenvalue weighted by Gasteiger charge is 2.25. The highest BCUT2D eigenvalue weighted by molar-refractivity contribution is 6.30. The second-order valence-electron chi connectivity index (χ2n) is 12.8. The van der Waals surface area contributed by atoms with Crippen molar-refractivity contribution >= 4 is 46.0 Å². The third kappa shape index (κ3) is 8.23. The van der Waals surface area contributed by atoms with Crippen LogP contribution in [-0.4, -0.2) is 35.2 Å². The Bertz CT molecular complexity index is 1910. The first-order valence-electron chi connectivity index (χ1n) is 16.7. The summed E-state index contributed by atoms with van der Waals surface area (Å²) in [7, 11) is 0. The zero-order valence-corrected chi connectivity index (χ0v) is 27.9. The molecule has 0 bridgehead atoms. The Morgan fingerprint density at radius 2 is 1.75 bits per heavy atom. The van der Waals surface area contributed by atoms with Crippen molar-refractivity contribution in [1.29, 1.82) is 0 Å². The molecule has 3 amide bonds. The number of rotatable bonds is 9. The van der Waals surface area contributed by atoms with Gasteiger partial charge in [-0.2, -0.15) is 0 Å². The Morgan fingerprint density at radius 1 is 0.979 bits per heavy atom. The minimum Gasteiger partial charge on any atom is -0.451 e. The molecule has 1 saturated heterocycles. The van der Waals surface area contributed by atoms with Gasteiger partial charge < -0.3 is 20.0 Å². The van der Waals surface area contributed by atoms with Crippen LogP contribution in [0, 0.1) is 0 Å². The van der Waals surface area contributed by atoms with Gasteiger partial charge in [0.1, 0.15) is 5.58 Å². The molecule has 2 heterocycles. The first kappa shape index (κ1) is 33.2. The molecule has 8 nitrogen and oxygen atoms in total. The number of hydrogen-bond donors (Lipinski definition) is 2. The molecular formula is C39H40ClN3O5. The van der Waals surface area contributed by atoms with Crippen molar-refractivity contribution in [2.24, 2.45) is 0 Å². The van der Waals surface area contributed by atoms with Crippen LogP contribution in [0.15, 0.2) is 93.7 Å². The number of carbonyl (C=O) groups is 3. The monoisotopic (exact) mass is 665 g/mol. The molecule has 248 valence electrons. The summed E-state index contributed by atoms with van der Waals surface area (Å²) in [5.41, 5.74) is 5.23. The average molecular weight is 666 g/mol. The summed E-state index contributed by atoms with van der Waals surface area (Å²) in [6, 6.07) is 21.7. The molecule has 0 radical (unpaired) electrons. The van der Waals surface area contributed by atoms with Gasteiger partial charge in [0.05, 0.1) is 11.4 Å². The van der Waals surface area contributed by atoms with Gasteiger partial charge in [-0.15, -0.1) is 0 Å². The van der Waals surface area contributed by atoms with E-state index in [-0.39, 0.29) is 40.0 Å². The summed E-state index contributed by atoms with van der Waals surface area (Å²) < 4.78 is 5.87. The van der Waals surface area contributed by atoms with Gasteiger partial charge in [-0.05, 0) is 97.9 Å². The number of nitrogens with one attached hydrogen (secondary N) is 2. The lowest BCUT2D eigenvalue weighted by molar-refractivity contribution is -0.133. The van der Waals surface area contributed by atoms with Gasteiger partial charge in [0.2, 0.25) is 11.8 Å². The Hall–Kier alpha value is -4.69. The van der Waals surface area contributed by atoms with Gasteiger partial charge in [-0.3, -0.25) is 19.2 Å². The van der Waals surface area contributed by atoms with E-state index in [2.05, 4.69) is 41.0 Å². The smallest absolute Gasteiger partial charge is 0.287 e. The highest BCUT2D eigenvalue weighted by atomic mass is 35.5. The van der Waals surface area contributed by atoms with Crippen LogP contribution in [0.3, 0.4) is 0 Å². The van der Waals surface area contributed by atoms with Crippen LogP contribution in [0.4, 0.5) is 5.69 Å². The second-order valence-corrected chi connectivity index (χ2v) is 13.3. The van der Waals surface area contributed by atoms with Crippen molar-refractivity contribution in [2.45, 2.75) is 76.8 Å². The van der Waals surface area contributed by atoms with E-state index in [0.29, 0.717) is 36.0 Å². The molecule has 0 unspecified atom stereocenters. The van der Waals surface area contributed by atoms with Crippen LogP contribution in [0.1, 0.15) is 85.0 Å². The number of piperidine rings is 1. The SMILES string of the molecule is CC(=O)Nc1ccc2oc(C(=O)N[C@@H](C=C3CCC(c4ccccc4CN4CCCCC4=O)CC3)Cc3ccc(Cl)cc3)cc(=O)c2c1. The lowest BCUT2D eigenvalue weighted by Crippen LogP contribution is -2.36. The van der Waals surface area contributed by atoms with E-state index < -0.39 is 5.91 Å². The van der Waals surface area contributed by atoms with E-state index in [1.54, 1.807) is 18.2 Å². The number of amides is 3. The van der Waals surface area contributed by atoms with Gasteiger partial charge in [-0.1, -0.05) is 59.6 Å². The van der Waals surface area contributed by atoms with Gasteiger partial charge in [0, 0.05) is 43.2 Å². The minimum absolute atomic E-state index is 0.0771. The molecule has 2 N–H and O–H groups in total. The van der Waals surface area contributed by atoms with E-state index in [0.717, 1.165) is 50.6 Å². The van der Waals surface area contributed by atoms with E-state index in [1.165, 1.54) is 29.7 Å². The zero-order valence-electron chi connectivity index (χ0n) is 27.1. The van der Waals surface area contributed by atoms with Crippen LogP contribution in [0.5, 0.6) is 0 Å². The number of allylic oxidation sites excluding steroid dienone is 1. The molecule has 4 aromatic rings. The minimum atomic E-state index is -0.481. The van der Waals surface area contributed by atoms with Crippen LogP contribution in [0.25, 0.3) is 11.0 Å². The fourth-order valence-electron chi connectivity index (χ4n) is 6.88. The summed E-state index contributed by atoms with van der Waals surface area (Å²) in [4.78, 5) is 52.5. The molecule has 1 saturated carbocycles. The molecule has 1 atom stereocenters. The lowest BCUT2D eigenvalue weighted by Gasteiger charge is -2.31. The largest absolute Gasteiger partial charge is 0.451 e. The Morgan fingerprint density at radius 3 is 2.50 bits per heavy atom. The maximum Gasteiger partial charge on any atom is 0.287 e. The zero-order chi connectivity index (χ0) is 33.6. The Balaban J connectivity index is 1.18. The molecule has 1 aromatic heterocycles. The normalized spacial score (nSPS) is 17.2. The number of benzene rings is 3. The first-order chi connectivity index (χ1) is 23.2. The van der Waals surface area contributed by atoms with Crippen molar-refractivity contribution in [3.8, 4) is 0 Å². The second kappa shape index (κ2) is 15.0. The predicted octanol–water partition coefficient (Wildman–Crippen LogP) is 7.54. The summed E-state index contributed by atoms with van der Waals surface area (Å²) in [5.74, 6) is -0.157. The standard InChI is InChI=1S/C39H40ClN3O5/c1-25(44)41-31-17-18-36-34(22-31)35(45)23-37(48-36)39(47)42-32(21-27-11-15-30(40)16-12-27)20-26-9-13-28(14-10-26)33-7-3-2-6-29(33)24-43-19-5-4-8-38(43)46/h2-3,6-7,11-12,15-18,20,22-23,28,32H,4-5,8-10,13-14,19,21,24H2,1H3,(H,41,44)(H,42,47)/t28?,32-/m0/s1. The number of anilines is 1. The molecule has 2 fully saturated rings. The van der Waals surface area contributed by atoms with Crippen LogP contribution < -0.4 is 16.1 Å². The van der Waals surface area contributed by atoms with Gasteiger partial charge in [0.15, 0.2) is 11.2 Å². The first-order valence-corrected chi connectivity index (χ1v) is 17.1. The molecule has 1 aliphatic heterocycles. The summed E-state index contributed by atoms with van der Waals surface area (Å²) in [6.07, 6.45) is 9.14. The van der Waals surface area contributed by atoms with Crippen LogP contribution in [-0.2, 0) is 22.6 Å². The van der Waals surface area contributed by atoms with Crippen molar-refractivity contribution < 1.29 is 18.8 Å². The van der Waals surface area contributed by atoms with Gasteiger partial charge >= 0.3 is 0 Å². The van der Waals surface area contributed by atoms with Gasteiger partial charge in [0.25, 0.3) is 5.91 Å². The maximum absolute atomic E-state index is 13.5. The predicted molar refractivity (Wildman–Crippen MR) is 188 cm³/mol. The lowest BCUT2D eigenvalue weighted by atomic mass is 9.79. The fraction of sp³-hybridized carbons (Fsp3) is 0.333. The van der Waals surface area contributed by atoms with E-state index in [4.69, 9.17) is 16.0 Å². The number of fused-ring (bicyclic) bond motifs is 1. The van der Waals surface area contributed by atoms with E-state index in [9.17, 15) is 19.2 Å². The maximum atomic E-state index is 13.5. The van der Waals surface area contributed by atoms with Crippen molar-refractivity contribution in [3.63, 3.8) is 0 Å². The number of nitrogens with zero attached hydrogens (tertiary/aromatic N) is 1. The molecule has 9 heteroatoms. The third-order valence-corrected chi connectivity index (χ3v) is 9.55. The molecule has 0 spiro atoms. The number of hydrogen-bond acceptors (Lipinski definition) is 5. The summed E-state index contributed by atoms with van der Waals surface area (Å²) in [6.45, 7) is 2.89. The number of likely N-dealkylation sites (tertiary alicyclic amines) is 1. The highest BCUT2D eigenvalue weighted by Crippen LogP contribution is 2.37. The quantitative estimate of drug-likeness (QED) is 0.180. The summed E-state index contributed by atoms with van der Waals surface area (Å²) in [5, 5.41) is 6.67. The topological polar surface area (TPSA) is 109 Å². The van der Waals surface area contributed by atoms with E-state index >= 15 is 0 Å². The molecule has 6 rings (SSSR count). The number of carbonyl (C=O) groups excluding carboxylic acids is 3. The van der Waals surface area contributed by atoms with Crippen LogP contribution >= 0.6 is 11.6 Å². The van der Waals surface area contributed by atoms with Crippen LogP contribution in [0.2, 0.25) is 5.02 Å². The van der Waals surface area contributed by atoms with Crippen molar-refractivity contribution in [3.05, 3.63) is 122 Å². The molecular weight excluding hydrogens is 626 g/mol. The average Bonchev–Trinajstić information content (AvgIpc) is 3.07. The fourth-order valence-corrected chi connectivity index (χ4v) is 7.00. The Labute approximate surface area is 285 Å². The Kier molecular flexibility index (Phi) is 10.4. The molecule has 1 aliphatic carbocycles. The third-order valence-electron chi connectivity index (χ3n) is 9.30. The van der Waals surface area contributed by atoms with E-state index in [1.807, 2.05) is 29.2 Å².